The molecule has 1 heterocycles. The van der Waals surface area contributed by atoms with Crippen molar-refractivity contribution in [3.63, 3.8) is 0 Å². The quantitative estimate of drug-likeness (QED) is 0.809. The highest BCUT2D eigenvalue weighted by atomic mass is 19.1. The van der Waals surface area contributed by atoms with Gasteiger partial charge < -0.3 is 15.2 Å². The molecule has 2 N–H and O–H groups in total. The van der Waals surface area contributed by atoms with Gasteiger partial charge >= 0.3 is 0 Å². The number of morpholine rings is 1. The van der Waals surface area contributed by atoms with Gasteiger partial charge in [0.15, 0.2) is 0 Å². The van der Waals surface area contributed by atoms with Crippen LogP contribution < -0.4 is 5.32 Å². The Kier molecular flexibility index (Phi) is 3.41. The molecular formula is C12H16FNO2. The Labute approximate surface area is 94.2 Å². The molecule has 0 amide bonds. The van der Waals surface area contributed by atoms with Gasteiger partial charge in [0, 0.05) is 18.7 Å². The van der Waals surface area contributed by atoms with Crippen LogP contribution in [-0.2, 0) is 4.74 Å². The number of rotatable bonds is 2. The van der Waals surface area contributed by atoms with Crippen molar-refractivity contribution in [3.05, 3.63) is 29.3 Å². The lowest BCUT2D eigenvalue weighted by Crippen LogP contribution is -2.33. The topological polar surface area (TPSA) is 41.5 Å². The predicted molar refractivity (Wildman–Crippen MR) is 59.2 cm³/mol. The molecule has 1 fully saturated rings. The molecule has 2 atom stereocenters. The number of hydrogen-bond acceptors (Lipinski definition) is 3. The van der Waals surface area contributed by atoms with Crippen LogP contribution in [0.1, 0.15) is 30.3 Å². The van der Waals surface area contributed by atoms with Crippen LogP contribution in [0.15, 0.2) is 18.2 Å². The fraction of sp³-hybridized carbons (Fsp3) is 0.500. The summed E-state index contributed by atoms with van der Waals surface area (Å²) < 4.78 is 18.7. The number of phenols is 1. The van der Waals surface area contributed by atoms with E-state index in [4.69, 9.17) is 4.74 Å². The zero-order valence-corrected chi connectivity index (χ0v) is 9.24. The fourth-order valence-electron chi connectivity index (χ4n) is 1.84. The van der Waals surface area contributed by atoms with E-state index in [1.807, 2.05) is 0 Å². The summed E-state index contributed by atoms with van der Waals surface area (Å²) in [6.07, 6.45) is -1.22. The summed E-state index contributed by atoms with van der Waals surface area (Å²) in [6, 6.07) is 4.80. The van der Waals surface area contributed by atoms with Crippen LogP contribution in [0.25, 0.3) is 0 Å². The largest absolute Gasteiger partial charge is 0.508 e. The summed E-state index contributed by atoms with van der Waals surface area (Å²) >= 11 is 0. The van der Waals surface area contributed by atoms with Gasteiger partial charge in [-0.05, 0) is 24.6 Å². The zero-order valence-electron chi connectivity index (χ0n) is 9.24. The highest BCUT2D eigenvalue weighted by Crippen LogP contribution is 2.31. The van der Waals surface area contributed by atoms with Gasteiger partial charge in [-0.1, -0.05) is 6.07 Å². The molecule has 16 heavy (non-hydrogen) atoms. The van der Waals surface area contributed by atoms with Gasteiger partial charge in [-0.15, -0.1) is 0 Å². The number of phenolic OH excluding ortho intramolecular Hbond substituents is 1. The van der Waals surface area contributed by atoms with Gasteiger partial charge in [0.25, 0.3) is 0 Å². The molecular weight excluding hydrogens is 209 g/mol. The Morgan fingerprint density at radius 2 is 2.38 bits per heavy atom. The molecule has 88 valence electrons. The monoisotopic (exact) mass is 225 g/mol. The van der Waals surface area contributed by atoms with Gasteiger partial charge in [0.05, 0.1) is 12.7 Å². The van der Waals surface area contributed by atoms with E-state index in [9.17, 15) is 9.50 Å². The molecule has 1 aliphatic heterocycles. The van der Waals surface area contributed by atoms with Crippen molar-refractivity contribution in [2.45, 2.75) is 19.2 Å². The molecule has 1 saturated heterocycles. The second kappa shape index (κ2) is 4.80. The van der Waals surface area contributed by atoms with Crippen LogP contribution in [-0.4, -0.2) is 24.8 Å². The summed E-state index contributed by atoms with van der Waals surface area (Å²) in [7, 11) is 0. The average molecular weight is 225 g/mol. The van der Waals surface area contributed by atoms with E-state index < -0.39 is 6.17 Å². The molecule has 0 saturated carbocycles. The molecule has 1 aromatic carbocycles. The summed E-state index contributed by atoms with van der Waals surface area (Å²) in [5, 5.41) is 12.9. The van der Waals surface area contributed by atoms with E-state index in [0.29, 0.717) is 24.3 Å². The Morgan fingerprint density at radius 1 is 1.56 bits per heavy atom. The van der Waals surface area contributed by atoms with Crippen LogP contribution in [0.5, 0.6) is 5.75 Å². The first-order chi connectivity index (χ1) is 7.68. The second-order valence-corrected chi connectivity index (χ2v) is 4.00. The first-order valence-corrected chi connectivity index (χ1v) is 5.47. The van der Waals surface area contributed by atoms with Crippen molar-refractivity contribution in [2.24, 2.45) is 0 Å². The number of halogens is 1. The first kappa shape index (κ1) is 11.4. The molecule has 0 bridgehead atoms. The van der Waals surface area contributed by atoms with Gasteiger partial charge in [-0.25, -0.2) is 4.39 Å². The predicted octanol–water partition coefficient (Wildman–Crippen LogP) is 2.08. The Morgan fingerprint density at radius 3 is 3.00 bits per heavy atom. The Balaban J connectivity index is 2.27. The van der Waals surface area contributed by atoms with Gasteiger partial charge in [0.1, 0.15) is 11.9 Å². The first-order valence-electron chi connectivity index (χ1n) is 5.47. The molecule has 1 aliphatic rings. The lowest BCUT2D eigenvalue weighted by Gasteiger charge is -2.25. The van der Waals surface area contributed by atoms with Gasteiger partial charge in [-0.3, -0.25) is 0 Å². The normalized spacial score (nSPS) is 23.0. The maximum Gasteiger partial charge on any atom is 0.122 e. The Hall–Kier alpha value is -1.13. The van der Waals surface area contributed by atoms with Crippen LogP contribution >= 0.6 is 0 Å². The van der Waals surface area contributed by atoms with Gasteiger partial charge in [-0.2, -0.15) is 0 Å². The van der Waals surface area contributed by atoms with Crippen molar-refractivity contribution >= 4 is 0 Å². The van der Waals surface area contributed by atoms with Gasteiger partial charge in [0.2, 0.25) is 0 Å². The third-order valence-electron chi connectivity index (χ3n) is 2.79. The van der Waals surface area contributed by atoms with Crippen LogP contribution in [0.4, 0.5) is 4.39 Å². The highest BCUT2D eigenvalue weighted by molar-refractivity contribution is 5.38. The zero-order chi connectivity index (χ0) is 11.5. The maximum absolute atomic E-state index is 13.2. The van der Waals surface area contributed by atoms with Crippen LogP contribution in [0, 0.1) is 0 Å². The van der Waals surface area contributed by atoms with Crippen molar-refractivity contribution in [3.8, 4) is 5.75 Å². The number of nitrogens with one attached hydrogen (secondary N) is 1. The van der Waals surface area contributed by atoms with Crippen LogP contribution in [0.2, 0.25) is 0 Å². The minimum absolute atomic E-state index is 0.165. The van der Waals surface area contributed by atoms with Crippen molar-refractivity contribution < 1.29 is 14.2 Å². The van der Waals surface area contributed by atoms with E-state index >= 15 is 0 Å². The SMILES string of the molecule is CC(F)c1ccc(O)c(C2CNCCO2)c1. The average Bonchev–Trinajstić information content (AvgIpc) is 2.30. The van der Waals surface area contributed by atoms with Crippen molar-refractivity contribution in [2.75, 3.05) is 19.7 Å². The third-order valence-corrected chi connectivity index (χ3v) is 2.79. The third kappa shape index (κ3) is 2.33. The Bertz CT molecular complexity index is 362. The molecule has 0 radical (unpaired) electrons. The molecule has 1 aromatic rings. The minimum Gasteiger partial charge on any atom is -0.508 e. The molecule has 4 heteroatoms. The summed E-state index contributed by atoms with van der Waals surface area (Å²) in [6.45, 7) is 3.56. The van der Waals surface area contributed by atoms with E-state index in [1.54, 1.807) is 12.1 Å². The molecule has 0 spiro atoms. The summed E-state index contributed by atoms with van der Waals surface area (Å²) in [5.41, 5.74) is 1.23. The second-order valence-electron chi connectivity index (χ2n) is 4.00. The molecule has 0 aromatic heterocycles. The van der Waals surface area contributed by atoms with E-state index in [2.05, 4.69) is 5.32 Å². The number of ether oxygens (including phenoxy) is 1. The summed E-state index contributed by atoms with van der Waals surface area (Å²) in [5.74, 6) is 0.165. The molecule has 2 rings (SSSR count). The highest BCUT2D eigenvalue weighted by Gasteiger charge is 2.20. The summed E-state index contributed by atoms with van der Waals surface area (Å²) in [4.78, 5) is 0. The molecule has 3 nitrogen and oxygen atoms in total. The lowest BCUT2D eigenvalue weighted by molar-refractivity contribution is 0.0262. The van der Waals surface area contributed by atoms with Crippen molar-refractivity contribution in [1.82, 2.24) is 5.32 Å². The standard InChI is InChI=1S/C12H16FNO2/c1-8(13)9-2-3-11(15)10(6-9)12-7-14-4-5-16-12/h2-3,6,8,12,14-15H,4-5,7H2,1H3. The number of benzene rings is 1. The van der Waals surface area contributed by atoms with Crippen molar-refractivity contribution in [1.29, 1.82) is 0 Å². The molecule has 0 aliphatic carbocycles. The minimum atomic E-state index is -1.03. The number of hydrogen-bond donors (Lipinski definition) is 2. The number of alkyl halides is 1. The lowest BCUT2D eigenvalue weighted by atomic mass is 10.0. The number of aromatic hydroxyl groups is 1. The molecule has 2 unspecified atom stereocenters. The maximum atomic E-state index is 13.2. The van der Waals surface area contributed by atoms with E-state index in [0.717, 1.165) is 6.54 Å². The smallest absolute Gasteiger partial charge is 0.122 e. The van der Waals surface area contributed by atoms with Crippen LogP contribution in [0.3, 0.4) is 0 Å². The fourth-order valence-corrected chi connectivity index (χ4v) is 1.84. The van der Waals surface area contributed by atoms with E-state index in [-0.39, 0.29) is 11.9 Å². The van der Waals surface area contributed by atoms with E-state index in [1.165, 1.54) is 13.0 Å².